The molecule has 3 aliphatic rings. The lowest BCUT2D eigenvalue weighted by Crippen LogP contribution is -2.60. The van der Waals surface area contributed by atoms with E-state index in [0.717, 1.165) is 43.2 Å². The van der Waals surface area contributed by atoms with Gasteiger partial charge in [-0.05, 0) is 60.3 Å². The lowest BCUT2D eigenvalue weighted by Gasteiger charge is -2.34. The third kappa shape index (κ3) is 8.25. The van der Waals surface area contributed by atoms with Crippen LogP contribution in [-0.4, -0.2) is 75.9 Å². The minimum atomic E-state index is -1.36. The highest BCUT2D eigenvalue weighted by molar-refractivity contribution is 5.97. The smallest absolute Gasteiger partial charge is 0.329 e. The van der Waals surface area contributed by atoms with Crippen LogP contribution in [0, 0.1) is 17.8 Å². The molecule has 11 heteroatoms. The van der Waals surface area contributed by atoms with Crippen molar-refractivity contribution < 1.29 is 33.8 Å². The molecule has 0 radical (unpaired) electrons. The number of amides is 4. The van der Waals surface area contributed by atoms with E-state index in [1.54, 1.807) is 0 Å². The SMILES string of the molecule is CC[C@@H]1CC1(NC(=O)[C@@H]1C[C@@H](Oc2cccc(-c3ccccc3)c2)CN1C(=O)[C@@H](NC(=O)[C@@H](NC(C)=O)C1CCCCC1)C(C)C)C(=O)O. The van der Waals surface area contributed by atoms with E-state index in [2.05, 4.69) is 16.0 Å². The number of hydrogen-bond donors (Lipinski definition) is 4. The largest absolute Gasteiger partial charge is 0.488 e. The molecule has 0 aromatic heterocycles. The quantitative estimate of drug-likeness (QED) is 0.247. The third-order valence-corrected chi connectivity index (χ3v) is 10.4. The zero-order valence-corrected chi connectivity index (χ0v) is 28.9. The van der Waals surface area contributed by atoms with Crippen LogP contribution in [0.3, 0.4) is 0 Å². The van der Waals surface area contributed by atoms with Crippen LogP contribution in [0.2, 0.25) is 0 Å². The second-order valence-electron chi connectivity index (χ2n) is 14.3. The van der Waals surface area contributed by atoms with Crippen molar-refractivity contribution in [3.63, 3.8) is 0 Å². The summed E-state index contributed by atoms with van der Waals surface area (Å²) in [5.41, 5.74) is 0.611. The van der Waals surface area contributed by atoms with Crippen molar-refractivity contribution in [1.82, 2.24) is 20.9 Å². The Hall–Kier alpha value is -4.41. The third-order valence-electron chi connectivity index (χ3n) is 10.4. The summed E-state index contributed by atoms with van der Waals surface area (Å²) in [6.07, 6.45) is 5.14. The number of carbonyl (C=O) groups is 5. The average Bonchev–Trinajstić information content (AvgIpc) is 3.66. The molecule has 6 atom stereocenters. The molecule has 11 nitrogen and oxygen atoms in total. The number of nitrogens with zero attached hydrogens (tertiary/aromatic N) is 1. The zero-order valence-electron chi connectivity index (χ0n) is 28.9. The van der Waals surface area contributed by atoms with Gasteiger partial charge < -0.3 is 30.7 Å². The predicted octanol–water partition coefficient (Wildman–Crippen LogP) is 4.30. The number of aliphatic carboxylic acids is 1. The molecule has 1 aliphatic heterocycles. The lowest BCUT2D eigenvalue weighted by molar-refractivity contribution is -0.146. The van der Waals surface area contributed by atoms with E-state index in [1.165, 1.54) is 11.8 Å². The van der Waals surface area contributed by atoms with Gasteiger partial charge in [-0.3, -0.25) is 19.2 Å². The van der Waals surface area contributed by atoms with Gasteiger partial charge in [0.25, 0.3) is 0 Å². The van der Waals surface area contributed by atoms with Crippen molar-refractivity contribution >= 4 is 29.6 Å². The summed E-state index contributed by atoms with van der Waals surface area (Å²) in [7, 11) is 0. The van der Waals surface area contributed by atoms with Crippen molar-refractivity contribution in [2.75, 3.05) is 6.54 Å². The van der Waals surface area contributed by atoms with Gasteiger partial charge in [0.2, 0.25) is 23.6 Å². The molecule has 2 aromatic carbocycles. The summed E-state index contributed by atoms with van der Waals surface area (Å²) >= 11 is 0. The van der Waals surface area contributed by atoms with Crippen LogP contribution in [0.5, 0.6) is 5.75 Å². The second-order valence-corrected chi connectivity index (χ2v) is 14.3. The number of hydrogen-bond acceptors (Lipinski definition) is 6. The van der Waals surface area contributed by atoms with Gasteiger partial charge in [-0.2, -0.15) is 0 Å². The first-order valence-electron chi connectivity index (χ1n) is 17.7. The first-order chi connectivity index (χ1) is 23.4. The Kier molecular flexibility index (Phi) is 11.3. The average molecular weight is 675 g/mol. The van der Waals surface area contributed by atoms with Crippen molar-refractivity contribution in [2.45, 2.75) is 109 Å². The molecule has 264 valence electrons. The van der Waals surface area contributed by atoms with Crippen LogP contribution < -0.4 is 20.7 Å². The highest BCUT2D eigenvalue weighted by Crippen LogP contribution is 2.46. The van der Waals surface area contributed by atoms with Crippen LogP contribution in [-0.2, 0) is 24.0 Å². The molecular formula is C38H50N4O7. The van der Waals surface area contributed by atoms with E-state index in [9.17, 15) is 29.1 Å². The topological polar surface area (TPSA) is 154 Å². The maximum atomic E-state index is 14.4. The second kappa shape index (κ2) is 15.4. The molecule has 0 spiro atoms. The van der Waals surface area contributed by atoms with E-state index in [1.807, 2.05) is 75.4 Å². The molecule has 2 aliphatic carbocycles. The van der Waals surface area contributed by atoms with Gasteiger partial charge in [0.15, 0.2) is 0 Å². The summed E-state index contributed by atoms with van der Waals surface area (Å²) < 4.78 is 6.39. The number of carbonyl (C=O) groups excluding carboxylic acids is 4. The van der Waals surface area contributed by atoms with Gasteiger partial charge in [0, 0.05) is 13.3 Å². The molecule has 3 fully saturated rings. The molecule has 0 bridgehead atoms. The molecule has 1 saturated heterocycles. The first-order valence-corrected chi connectivity index (χ1v) is 17.7. The standard InChI is InChI=1S/C38H50N4O7/c1-5-28-21-38(28,37(47)48)41-34(44)31-20-30(49-29-18-12-17-27(19-29)25-13-8-6-9-14-25)22-42(31)36(46)32(23(2)3)40-35(45)33(39-24(4)43)26-15-10-7-11-16-26/h6,8-9,12-14,17-19,23,26,28,30-33H,5,7,10-11,15-16,20-22H2,1-4H3,(H,39,43)(H,40,45)(H,41,44)(H,47,48)/t28-,30-,31+,32+,33+,38?/m1/s1. The number of ether oxygens (including phenoxy) is 1. The van der Waals surface area contributed by atoms with Gasteiger partial charge in [0.05, 0.1) is 6.54 Å². The Morgan fingerprint density at radius 3 is 2.27 bits per heavy atom. The van der Waals surface area contributed by atoms with Crippen LogP contribution in [0.4, 0.5) is 0 Å². The van der Waals surface area contributed by atoms with Gasteiger partial charge in [-0.15, -0.1) is 0 Å². The summed E-state index contributed by atoms with van der Waals surface area (Å²) in [5.74, 6) is -2.83. The van der Waals surface area contributed by atoms with E-state index < -0.39 is 53.5 Å². The number of benzene rings is 2. The van der Waals surface area contributed by atoms with Gasteiger partial charge in [0.1, 0.15) is 35.5 Å². The van der Waals surface area contributed by atoms with Gasteiger partial charge in [-0.25, -0.2) is 4.79 Å². The summed E-state index contributed by atoms with van der Waals surface area (Å²) in [5, 5.41) is 18.5. The van der Waals surface area contributed by atoms with Crippen molar-refractivity contribution in [3.05, 3.63) is 54.6 Å². The van der Waals surface area contributed by atoms with E-state index in [0.29, 0.717) is 18.6 Å². The predicted molar refractivity (Wildman–Crippen MR) is 184 cm³/mol. The van der Waals surface area contributed by atoms with E-state index in [-0.39, 0.29) is 36.6 Å². The Morgan fingerprint density at radius 2 is 1.65 bits per heavy atom. The van der Waals surface area contributed by atoms with Gasteiger partial charge >= 0.3 is 5.97 Å². The number of rotatable bonds is 13. The highest BCUT2D eigenvalue weighted by atomic mass is 16.5. The molecule has 2 saturated carbocycles. The fraction of sp³-hybridized carbons (Fsp3) is 0.553. The van der Waals surface area contributed by atoms with Crippen LogP contribution in [0.1, 0.15) is 79.1 Å². The minimum absolute atomic E-state index is 0.0347. The molecule has 49 heavy (non-hydrogen) atoms. The van der Waals surface area contributed by atoms with E-state index in [4.69, 9.17) is 4.74 Å². The zero-order chi connectivity index (χ0) is 35.3. The summed E-state index contributed by atoms with van der Waals surface area (Å²) in [6.45, 7) is 6.98. The Labute approximate surface area is 288 Å². The highest BCUT2D eigenvalue weighted by Gasteiger charge is 2.61. The Balaban J connectivity index is 1.38. The van der Waals surface area contributed by atoms with Crippen LogP contribution in [0.15, 0.2) is 54.6 Å². The molecular weight excluding hydrogens is 624 g/mol. The Bertz CT molecular complexity index is 1520. The van der Waals surface area contributed by atoms with Crippen molar-refractivity contribution in [1.29, 1.82) is 0 Å². The maximum absolute atomic E-state index is 14.4. The van der Waals surface area contributed by atoms with Crippen molar-refractivity contribution in [2.24, 2.45) is 17.8 Å². The maximum Gasteiger partial charge on any atom is 0.329 e. The summed E-state index contributed by atoms with van der Waals surface area (Å²) in [6, 6.07) is 14.7. The molecule has 1 unspecified atom stereocenters. The number of nitrogens with one attached hydrogen (secondary N) is 3. The van der Waals surface area contributed by atoms with Crippen molar-refractivity contribution in [3.8, 4) is 16.9 Å². The van der Waals surface area contributed by atoms with Crippen LogP contribution >= 0.6 is 0 Å². The molecule has 5 rings (SSSR count). The molecule has 4 N–H and O–H groups in total. The van der Waals surface area contributed by atoms with Gasteiger partial charge in [-0.1, -0.05) is 88.9 Å². The minimum Gasteiger partial charge on any atom is -0.488 e. The van der Waals surface area contributed by atoms with Crippen LogP contribution in [0.25, 0.3) is 11.1 Å². The molecule has 2 aromatic rings. The fourth-order valence-electron chi connectivity index (χ4n) is 7.56. The normalized spacial score (nSPS) is 24.8. The summed E-state index contributed by atoms with van der Waals surface area (Å²) in [4.78, 5) is 67.9. The van der Waals surface area contributed by atoms with E-state index >= 15 is 0 Å². The fourth-order valence-corrected chi connectivity index (χ4v) is 7.56. The monoisotopic (exact) mass is 674 g/mol. The first kappa shape index (κ1) is 35.9. The lowest BCUT2D eigenvalue weighted by atomic mass is 9.83. The molecule has 4 amide bonds. The number of likely N-dealkylation sites (tertiary alicyclic amines) is 1. The number of carboxylic acid groups (broad SMARTS) is 1. The molecule has 1 heterocycles. The number of carboxylic acids is 1. The Morgan fingerprint density at radius 1 is 0.959 bits per heavy atom.